The van der Waals surface area contributed by atoms with Crippen LogP contribution in [-0.4, -0.2) is 51.8 Å². The molecular weight excluding hydrogens is 348 g/mol. The number of rotatable bonds is 9. The third-order valence-corrected chi connectivity index (χ3v) is 5.15. The quantitative estimate of drug-likeness (QED) is 0.678. The van der Waals surface area contributed by atoms with Crippen molar-refractivity contribution in [1.29, 1.82) is 0 Å². The maximum absolute atomic E-state index is 12.2. The molecule has 3 rings (SSSR count). The SMILES string of the molecule is COc1ccc(CCNC(=O)C2CC2C(=O)NCC2CCCO2)cc1OC. The molecule has 148 valence electrons. The van der Waals surface area contributed by atoms with Crippen LogP contribution in [-0.2, 0) is 20.7 Å². The number of nitrogens with one attached hydrogen (secondary N) is 2. The van der Waals surface area contributed by atoms with Crippen molar-refractivity contribution in [2.45, 2.75) is 31.8 Å². The molecule has 7 heteroatoms. The molecule has 0 radical (unpaired) electrons. The van der Waals surface area contributed by atoms with Gasteiger partial charge in [0.25, 0.3) is 0 Å². The second-order valence-electron chi connectivity index (χ2n) is 7.06. The second kappa shape index (κ2) is 9.08. The van der Waals surface area contributed by atoms with E-state index in [0.29, 0.717) is 37.4 Å². The average molecular weight is 376 g/mol. The Labute approximate surface area is 159 Å². The summed E-state index contributed by atoms with van der Waals surface area (Å²) in [6.45, 7) is 1.84. The van der Waals surface area contributed by atoms with Crippen LogP contribution in [0.3, 0.4) is 0 Å². The van der Waals surface area contributed by atoms with E-state index in [1.807, 2.05) is 18.2 Å². The molecule has 1 heterocycles. The molecule has 1 saturated carbocycles. The molecular formula is C20H28N2O5. The Bertz CT molecular complexity index is 672. The summed E-state index contributed by atoms with van der Waals surface area (Å²) >= 11 is 0. The van der Waals surface area contributed by atoms with Gasteiger partial charge in [-0.25, -0.2) is 0 Å². The number of carbonyl (C=O) groups excluding carboxylic acids is 2. The van der Waals surface area contributed by atoms with Gasteiger partial charge < -0.3 is 24.8 Å². The molecule has 3 atom stereocenters. The van der Waals surface area contributed by atoms with Crippen LogP contribution in [0.2, 0.25) is 0 Å². The normalized spacial score (nSPS) is 23.6. The van der Waals surface area contributed by atoms with Crippen LogP contribution >= 0.6 is 0 Å². The van der Waals surface area contributed by atoms with Crippen molar-refractivity contribution in [3.05, 3.63) is 23.8 Å². The van der Waals surface area contributed by atoms with E-state index in [-0.39, 0.29) is 29.8 Å². The lowest BCUT2D eigenvalue weighted by Crippen LogP contribution is -2.35. The molecule has 2 aliphatic rings. The van der Waals surface area contributed by atoms with Crippen molar-refractivity contribution in [2.24, 2.45) is 11.8 Å². The van der Waals surface area contributed by atoms with Crippen LogP contribution in [0.15, 0.2) is 18.2 Å². The third kappa shape index (κ3) is 5.13. The smallest absolute Gasteiger partial charge is 0.224 e. The van der Waals surface area contributed by atoms with E-state index in [2.05, 4.69) is 10.6 Å². The van der Waals surface area contributed by atoms with Gasteiger partial charge in [0.15, 0.2) is 11.5 Å². The fraction of sp³-hybridized carbons (Fsp3) is 0.600. The van der Waals surface area contributed by atoms with Crippen LogP contribution in [0.4, 0.5) is 0 Å². The highest BCUT2D eigenvalue weighted by atomic mass is 16.5. The van der Waals surface area contributed by atoms with Gasteiger partial charge in [-0.2, -0.15) is 0 Å². The van der Waals surface area contributed by atoms with Gasteiger partial charge in [0.1, 0.15) is 0 Å². The van der Waals surface area contributed by atoms with Gasteiger partial charge in [0.2, 0.25) is 11.8 Å². The van der Waals surface area contributed by atoms with E-state index >= 15 is 0 Å². The summed E-state index contributed by atoms with van der Waals surface area (Å²) in [6, 6.07) is 5.71. The number of amides is 2. The number of ether oxygens (including phenoxy) is 3. The van der Waals surface area contributed by atoms with E-state index in [1.165, 1.54) is 0 Å². The van der Waals surface area contributed by atoms with Crippen LogP contribution < -0.4 is 20.1 Å². The van der Waals surface area contributed by atoms with Gasteiger partial charge >= 0.3 is 0 Å². The molecule has 0 aromatic heterocycles. The zero-order chi connectivity index (χ0) is 19.2. The first-order valence-electron chi connectivity index (χ1n) is 9.50. The zero-order valence-corrected chi connectivity index (χ0v) is 16.0. The summed E-state index contributed by atoms with van der Waals surface area (Å²) in [5.41, 5.74) is 1.05. The number of hydrogen-bond donors (Lipinski definition) is 2. The maximum atomic E-state index is 12.2. The number of hydrogen-bond acceptors (Lipinski definition) is 5. The van der Waals surface area contributed by atoms with Gasteiger partial charge in [-0.1, -0.05) is 6.07 Å². The van der Waals surface area contributed by atoms with E-state index < -0.39 is 0 Å². The van der Waals surface area contributed by atoms with Crippen molar-refractivity contribution >= 4 is 11.8 Å². The molecule has 3 unspecified atom stereocenters. The lowest BCUT2D eigenvalue weighted by atomic mass is 10.1. The van der Waals surface area contributed by atoms with Crippen molar-refractivity contribution < 1.29 is 23.8 Å². The van der Waals surface area contributed by atoms with Crippen LogP contribution in [0.1, 0.15) is 24.8 Å². The van der Waals surface area contributed by atoms with Gasteiger partial charge in [-0.15, -0.1) is 0 Å². The maximum Gasteiger partial charge on any atom is 0.224 e. The zero-order valence-electron chi connectivity index (χ0n) is 16.0. The fourth-order valence-electron chi connectivity index (χ4n) is 3.42. The Morgan fingerprint density at radius 2 is 1.85 bits per heavy atom. The van der Waals surface area contributed by atoms with Gasteiger partial charge in [-0.3, -0.25) is 9.59 Å². The standard InChI is InChI=1S/C20H28N2O5/c1-25-17-6-5-13(10-18(17)26-2)7-8-21-19(23)15-11-16(15)20(24)22-12-14-4-3-9-27-14/h5-6,10,14-16H,3-4,7-9,11-12H2,1-2H3,(H,21,23)(H,22,24). The van der Waals surface area contributed by atoms with Crippen LogP contribution in [0.25, 0.3) is 0 Å². The van der Waals surface area contributed by atoms with E-state index in [1.54, 1.807) is 14.2 Å². The molecule has 0 spiro atoms. The Morgan fingerprint density at radius 1 is 1.11 bits per heavy atom. The van der Waals surface area contributed by atoms with Crippen molar-refractivity contribution in [1.82, 2.24) is 10.6 Å². The van der Waals surface area contributed by atoms with Gasteiger partial charge in [0.05, 0.1) is 32.2 Å². The summed E-state index contributed by atoms with van der Waals surface area (Å²) < 4.78 is 16.0. The average Bonchev–Trinajstić information content (AvgIpc) is 3.33. The van der Waals surface area contributed by atoms with Crippen LogP contribution in [0.5, 0.6) is 11.5 Å². The molecule has 1 aromatic rings. The first kappa shape index (κ1) is 19.5. The predicted octanol–water partition coefficient (Wildman–Crippen LogP) is 1.29. The summed E-state index contributed by atoms with van der Waals surface area (Å²) in [6.07, 6.45) is 3.48. The van der Waals surface area contributed by atoms with Gasteiger partial charge in [0, 0.05) is 19.7 Å². The summed E-state index contributed by atoms with van der Waals surface area (Å²) in [7, 11) is 3.20. The molecule has 27 heavy (non-hydrogen) atoms. The van der Waals surface area contributed by atoms with Crippen molar-refractivity contribution in [3.63, 3.8) is 0 Å². The number of methoxy groups -OCH3 is 2. The first-order chi connectivity index (χ1) is 13.1. The molecule has 2 N–H and O–H groups in total. The van der Waals surface area contributed by atoms with Gasteiger partial charge in [-0.05, 0) is 43.4 Å². The van der Waals surface area contributed by atoms with E-state index in [9.17, 15) is 9.59 Å². The van der Waals surface area contributed by atoms with Crippen molar-refractivity contribution in [3.8, 4) is 11.5 Å². The minimum Gasteiger partial charge on any atom is -0.493 e. The number of carbonyl (C=O) groups is 2. The monoisotopic (exact) mass is 376 g/mol. The fourth-order valence-corrected chi connectivity index (χ4v) is 3.42. The Kier molecular flexibility index (Phi) is 6.55. The van der Waals surface area contributed by atoms with Crippen LogP contribution in [0, 0.1) is 11.8 Å². The Balaban J connectivity index is 1.37. The molecule has 1 saturated heterocycles. The molecule has 1 aliphatic carbocycles. The van der Waals surface area contributed by atoms with E-state index in [4.69, 9.17) is 14.2 Å². The molecule has 0 bridgehead atoms. The predicted molar refractivity (Wildman–Crippen MR) is 99.8 cm³/mol. The molecule has 7 nitrogen and oxygen atoms in total. The summed E-state index contributed by atoms with van der Waals surface area (Å²) in [5.74, 6) is 0.859. The molecule has 2 fully saturated rings. The summed E-state index contributed by atoms with van der Waals surface area (Å²) in [5, 5.41) is 5.83. The highest BCUT2D eigenvalue weighted by molar-refractivity contribution is 5.92. The lowest BCUT2D eigenvalue weighted by Gasteiger charge is -2.11. The first-order valence-corrected chi connectivity index (χ1v) is 9.50. The molecule has 2 amide bonds. The number of benzene rings is 1. The largest absolute Gasteiger partial charge is 0.493 e. The highest BCUT2D eigenvalue weighted by Gasteiger charge is 2.47. The minimum absolute atomic E-state index is 0.0365. The Morgan fingerprint density at radius 3 is 2.52 bits per heavy atom. The molecule has 1 aromatic carbocycles. The molecule has 1 aliphatic heterocycles. The minimum atomic E-state index is -0.208. The third-order valence-electron chi connectivity index (χ3n) is 5.15. The summed E-state index contributed by atoms with van der Waals surface area (Å²) in [4.78, 5) is 24.4. The highest BCUT2D eigenvalue weighted by Crippen LogP contribution is 2.38. The van der Waals surface area contributed by atoms with Crippen molar-refractivity contribution in [2.75, 3.05) is 33.9 Å². The topological polar surface area (TPSA) is 85.9 Å². The van der Waals surface area contributed by atoms with E-state index in [0.717, 1.165) is 25.0 Å². The second-order valence-corrected chi connectivity index (χ2v) is 7.06. The lowest BCUT2D eigenvalue weighted by molar-refractivity contribution is -0.127. The Hall–Kier alpha value is -2.28.